The Labute approximate surface area is 153 Å². The maximum absolute atomic E-state index is 12.6. The van der Waals surface area contributed by atoms with Gasteiger partial charge in [0.15, 0.2) is 0 Å². The van der Waals surface area contributed by atoms with Crippen LogP contribution in [-0.2, 0) is 11.3 Å². The summed E-state index contributed by atoms with van der Waals surface area (Å²) >= 11 is 0. The molecule has 1 aromatic carbocycles. The van der Waals surface area contributed by atoms with Crippen LogP contribution in [-0.4, -0.2) is 25.9 Å². The lowest BCUT2D eigenvalue weighted by molar-refractivity contribution is -0.122. The van der Waals surface area contributed by atoms with E-state index in [1.54, 1.807) is 17.1 Å². The minimum atomic E-state index is -0.259. The van der Waals surface area contributed by atoms with Crippen LogP contribution in [0.1, 0.15) is 48.2 Å². The average molecular weight is 349 g/mol. The molecule has 1 N–H and O–H groups in total. The molecule has 0 fully saturated rings. The Morgan fingerprint density at radius 1 is 1.15 bits per heavy atom. The Hall–Kier alpha value is -3.02. The van der Waals surface area contributed by atoms with Gasteiger partial charge in [0.25, 0.3) is 0 Å². The highest BCUT2D eigenvalue weighted by Gasteiger charge is 2.18. The number of nitrogens with one attached hydrogen (secondary N) is 1. The van der Waals surface area contributed by atoms with Crippen molar-refractivity contribution in [2.24, 2.45) is 0 Å². The van der Waals surface area contributed by atoms with E-state index in [9.17, 15) is 4.79 Å². The van der Waals surface area contributed by atoms with Gasteiger partial charge in [-0.1, -0.05) is 55.0 Å². The van der Waals surface area contributed by atoms with E-state index in [1.165, 1.54) is 5.56 Å². The second-order valence-corrected chi connectivity index (χ2v) is 6.69. The number of rotatable bonds is 6. The van der Waals surface area contributed by atoms with Crippen molar-refractivity contribution in [1.29, 1.82) is 0 Å². The molecule has 0 aliphatic rings. The fourth-order valence-electron chi connectivity index (χ4n) is 2.67. The molecule has 0 saturated carbocycles. The number of carbonyl (C=O) groups is 1. The average Bonchev–Trinajstić information content (AvgIpc) is 3.10. The van der Waals surface area contributed by atoms with Crippen LogP contribution in [0, 0.1) is 6.92 Å². The summed E-state index contributed by atoms with van der Waals surface area (Å²) in [5, 5.41) is 11.2. The largest absolute Gasteiger partial charge is 0.344 e. The van der Waals surface area contributed by atoms with Gasteiger partial charge >= 0.3 is 0 Å². The molecule has 0 radical (unpaired) electrons. The number of benzene rings is 1. The number of pyridine rings is 1. The van der Waals surface area contributed by atoms with Crippen LogP contribution < -0.4 is 5.32 Å². The predicted molar refractivity (Wildman–Crippen MR) is 99.5 cm³/mol. The van der Waals surface area contributed by atoms with Gasteiger partial charge in [0.2, 0.25) is 5.91 Å². The molecule has 1 atom stereocenters. The molecule has 3 aromatic rings. The first-order valence-corrected chi connectivity index (χ1v) is 8.69. The van der Waals surface area contributed by atoms with Crippen molar-refractivity contribution in [1.82, 2.24) is 25.3 Å². The Morgan fingerprint density at radius 2 is 1.92 bits per heavy atom. The lowest BCUT2D eigenvalue weighted by Gasteiger charge is -2.19. The van der Waals surface area contributed by atoms with Crippen LogP contribution in [0.5, 0.6) is 0 Å². The number of amides is 1. The fourth-order valence-corrected chi connectivity index (χ4v) is 2.67. The first-order valence-electron chi connectivity index (χ1n) is 8.69. The van der Waals surface area contributed by atoms with E-state index in [4.69, 9.17) is 0 Å². The molecule has 134 valence electrons. The zero-order valence-electron chi connectivity index (χ0n) is 15.3. The number of aromatic nitrogens is 4. The van der Waals surface area contributed by atoms with E-state index in [-0.39, 0.29) is 24.4 Å². The first kappa shape index (κ1) is 17.8. The van der Waals surface area contributed by atoms with Crippen molar-refractivity contribution in [2.45, 2.75) is 39.3 Å². The lowest BCUT2D eigenvalue weighted by Crippen LogP contribution is -2.32. The normalized spacial score (nSPS) is 12.2. The van der Waals surface area contributed by atoms with Gasteiger partial charge in [-0.25, -0.2) is 4.68 Å². The summed E-state index contributed by atoms with van der Waals surface area (Å²) in [4.78, 5) is 16.8. The van der Waals surface area contributed by atoms with Crippen molar-refractivity contribution in [3.05, 3.63) is 77.4 Å². The molecule has 2 aromatic heterocycles. The van der Waals surface area contributed by atoms with Gasteiger partial charge in [-0.2, -0.15) is 0 Å². The van der Waals surface area contributed by atoms with Crippen LogP contribution in [0.25, 0.3) is 0 Å². The van der Waals surface area contributed by atoms with Gasteiger partial charge in [-0.3, -0.25) is 9.78 Å². The molecular formula is C20H23N5O. The lowest BCUT2D eigenvalue weighted by atomic mass is 9.99. The smallest absolute Gasteiger partial charge is 0.242 e. The third-order valence-corrected chi connectivity index (χ3v) is 4.19. The molecule has 0 unspecified atom stereocenters. The molecule has 3 rings (SSSR count). The number of aryl methyl sites for hydroxylation is 1. The molecule has 0 aliphatic carbocycles. The van der Waals surface area contributed by atoms with Gasteiger partial charge in [0.1, 0.15) is 6.54 Å². The summed E-state index contributed by atoms with van der Waals surface area (Å²) in [6, 6.07) is 11.7. The van der Waals surface area contributed by atoms with Crippen molar-refractivity contribution in [2.75, 3.05) is 0 Å². The SMILES string of the molecule is Cc1ccc([C@H](NC(=O)Cn2cc(C(C)C)nn2)c2cccnc2)cc1. The van der Waals surface area contributed by atoms with Crippen molar-refractivity contribution in [3.63, 3.8) is 0 Å². The standard InChI is InChI=1S/C20H23N5O/c1-14(2)18-12-25(24-23-18)13-19(26)22-20(17-5-4-10-21-11-17)16-8-6-15(3)7-9-16/h4-12,14,20H,13H2,1-3H3,(H,22,26)/t20-/m0/s1. The minimum Gasteiger partial charge on any atom is -0.344 e. The van der Waals surface area contributed by atoms with E-state index >= 15 is 0 Å². The molecule has 1 amide bonds. The van der Waals surface area contributed by atoms with Gasteiger partial charge < -0.3 is 5.32 Å². The van der Waals surface area contributed by atoms with Crippen LogP contribution in [0.2, 0.25) is 0 Å². The van der Waals surface area contributed by atoms with Crippen LogP contribution in [0.3, 0.4) is 0 Å². The molecule has 2 heterocycles. The zero-order chi connectivity index (χ0) is 18.5. The molecule has 26 heavy (non-hydrogen) atoms. The molecule has 0 bridgehead atoms. The number of hydrogen-bond donors (Lipinski definition) is 1. The van der Waals surface area contributed by atoms with Crippen LogP contribution >= 0.6 is 0 Å². The van der Waals surface area contributed by atoms with Gasteiger partial charge in [0, 0.05) is 18.6 Å². The number of nitrogens with zero attached hydrogens (tertiary/aromatic N) is 4. The second kappa shape index (κ2) is 7.91. The van der Waals surface area contributed by atoms with E-state index in [1.807, 2.05) is 63.4 Å². The van der Waals surface area contributed by atoms with E-state index in [0.717, 1.165) is 16.8 Å². The maximum Gasteiger partial charge on any atom is 0.242 e. The highest BCUT2D eigenvalue weighted by molar-refractivity contribution is 5.76. The van der Waals surface area contributed by atoms with Crippen LogP contribution in [0.15, 0.2) is 55.0 Å². The Balaban J connectivity index is 1.78. The van der Waals surface area contributed by atoms with Gasteiger partial charge in [-0.15, -0.1) is 5.10 Å². The highest BCUT2D eigenvalue weighted by Crippen LogP contribution is 2.22. The predicted octanol–water partition coefficient (Wildman–Crippen LogP) is 3.01. The monoisotopic (exact) mass is 349 g/mol. The Morgan fingerprint density at radius 3 is 2.54 bits per heavy atom. The number of carbonyl (C=O) groups excluding carboxylic acids is 1. The van der Waals surface area contributed by atoms with E-state index in [0.29, 0.717) is 0 Å². The summed E-state index contributed by atoms with van der Waals surface area (Å²) in [6.45, 7) is 6.26. The molecule has 6 nitrogen and oxygen atoms in total. The minimum absolute atomic E-state index is 0.125. The molecule has 0 aliphatic heterocycles. The fraction of sp³-hybridized carbons (Fsp3) is 0.300. The van der Waals surface area contributed by atoms with Crippen molar-refractivity contribution < 1.29 is 4.79 Å². The third kappa shape index (κ3) is 4.33. The summed E-state index contributed by atoms with van der Waals surface area (Å²) in [7, 11) is 0. The van der Waals surface area contributed by atoms with Gasteiger partial charge in [-0.05, 0) is 30.0 Å². The Kier molecular flexibility index (Phi) is 5.41. The van der Waals surface area contributed by atoms with Crippen LogP contribution in [0.4, 0.5) is 0 Å². The summed E-state index contributed by atoms with van der Waals surface area (Å²) in [6.07, 6.45) is 5.31. The molecular weight excluding hydrogens is 326 g/mol. The quantitative estimate of drug-likeness (QED) is 0.742. The number of hydrogen-bond acceptors (Lipinski definition) is 4. The van der Waals surface area contributed by atoms with Gasteiger partial charge in [0.05, 0.1) is 11.7 Å². The highest BCUT2D eigenvalue weighted by atomic mass is 16.2. The third-order valence-electron chi connectivity index (χ3n) is 4.19. The summed E-state index contributed by atoms with van der Waals surface area (Å²) in [5.74, 6) is 0.155. The zero-order valence-corrected chi connectivity index (χ0v) is 15.3. The summed E-state index contributed by atoms with van der Waals surface area (Å²) < 4.78 is 1.57. The first-order chi connectivity index (χ1) is 12.5. The summed E-state index contributed by atoms with van der Waals surface area (Å²) in [5.41, 5.74) is 4.00. The molecule has 0 spiro atoms. The Bertz CT molecular complexity index is 855. The maximum atomic E-state index is 12.6. The molecule has 6 heteroatoms. The van der Waals surface area contributed by atoms with Crippen molar-refractivity contribution in [3.8, 4) is 0 Å². The van der Waals surface area contributed by atoms with E-state index in [2.05, 4.69) is 20.6 Å². The van der Waals surface area contributed by atoms with E-state index < -0.39 is 0 Å². The second-order valence-electron chi connectivity index (χ2n) is 6.69. The van der Waals surface area contributed by atoms with Crippen molar-refractivity contribution >= 4 is 5.91 Å². The topological polar surface area (TPSA) is 72.7 Å². The molecule has 0 saturated heterocycles.